The Morgan fingerprint density at radius 3 is 2.35 bits per heavy atom. The summed E-state index contributed by atoms with van der Waals surface area (Å²) in [6.45, 7) is 2.15. The zero-order valence-corrected chi connectivity index (χ0v) is 15.3. The Kier molecular flexibility index (Phi) is 5.26. The summed E-state index contributed by atoms with van der Waals surface area (Å²) in [5.41, 5.74) is 1.60. The average Bonchev–Trinajstić information content (AvgIpc) is 2.62. The van der Waals surface area contributed by atoms with E-state index in [0.717, 1.165) is 18.7 Å². The molecule has 2 aromatic carbocycles. The number of benzene rings is 2. The van der Waals surface area contributed by atoms with Gasteiger partial charge >= 0.3 is 6.03 Å². The van der Waals surface area contributed by atoms with E-state index in [1.165, 1.54) is 24.3 Å². The molecule has 0 aromatic heterocycles. The van der Waals surface area contributed by atoms with Crippen molar-refractivity contribution in [2.75, 3.05) is 32.0 Å². The molecule has 7 nitrogen and oxygen atoms in total. The number of sulfonamides is 1. The quantitative estimate of drug-likeness (QED) is 0.857. The van der Waals surface area contributed by atoms with Crippen LogP contribution >= 0.6 is 0 Å². The summed E-state index contributed by atoms with van der Waals surface area (Å²) in [5.74, 6) is 0. The average molecular weight is 374 g/mol. The minimum Gasteiger partial charge on any atom is -0.315 e. The van der Waals surface area contributed by atoms with Crippen molar-refractivity contribution in [1.82, 2.24) is 9.80 Å². The minimum absolute atomic E-state index is 0.0114. The summed E-state index contributed by atoms with van der Waals surface area (Å²) >= 11 is 0. The molecule has 1 heterocycles. The van der Waals surface area contributed by atoms with Crippen LogP contribution in [0.15, 0.2) is 59.5 Å². The first-order valence-corrected chi connectivity index (χ1v) is 9.83. The van der Waals surface area contributed by atoms with Crippen LogP contribution in [0.5, 0.6) is 0 Å². The Bertz CT molecular complexity index is 869. The molecule has 3 rings (SSSR count). The number of hydrogen-bond acceptors (Lipinski definition) is 4. The van der Waals surface area contributed by atoms with Crippen LogP contribution in [0.3, 0.4) is 0 Å². The lowest BCUT2D eigenvalue weighted by Gasteiger charge is -2.40. The van der Waals surface area contributed by atoms with Gasteiger partial charge in [0.15, 0.2) is 0 Å². The summed E-state index contributed by atoms with van der Waals surface area (Å²) in [6.07, 6.45) is 0. The fourth-order valence-corrected chi connectivity index (χ4v) is 3.56. The molecule has 0 saturated carbocycles. The standard InChI is InChI=1S/C18H22N4O3S/c1-21-11-12-22(17(13-21)14-5-3-2-4-6-14)18(23)20-15-7-9-16(10-8-15)26(19,24)25/h2-10,17H,11-13H2,1H3,(H,20,23)(H2,19,24,25). The molecule has 1 aliphatic rings. The SMILES string of the molecule is CN1CCN(C(=O)Nc2ccc(S(N)(=O)=O)cc2)C(c2ccccc2)C1. The highest BCUT2D eigenvalue weighted by Crippen LogP contribution is 2.25. The third-order valence-corrected chi connectivity index (χ3v) is 5.39. The zero-order valence-electron chi connectivity index (χ0n) is 14.5. The van der Waals surface area contributed by atoms with Gasteiger partial charge in [0.2, 0.25) is 10.0 Å². The first-order chi connectivity index (χ1) is 12.3. The van der Waals surface area contributed by atoms with Crippen LogP contribution < -0.4 is 10.5 Å². The number of amides is 2. The maximum Gasteiger partial charge on any atom is 0.322 e. The van der Waals surface area contributed by atoms with Crippen molar-refractivity contribution in [3.05, 3.63) is 60.2 Å². The number of primary sulfonamides is 1. The van der Waals surface area contributed by atoms with Crippen molar-refractivity contribution in [1.29, 1.82) is 0 Å². The molecule has 8 heteroatoms. The van der Waals surface area contributed by atoms with Gasteiger partial charge in [0.25, 0.3) is 0 Å². The molecule has 1 aliphatic heterocycles. The van der Waals surface area contributed by atoms with Gasteiger partial charge in [-0.1, -0.05) is 30.3 Å². The highest BCUT2D eigenvalue weighted by Gasteiger charge is 2.30. The van der Waals surface area contributed by atoms with Crippen LogP contribution in [0.2, 0.25) is 0 Å². The number of piperazine rings is 1. The molecule has 3 N–H and O–H groups in total. The van der Waals surface area contributed by atoms with Crippen molar-refractivity contribution < 1.29 is 13.2 Å². The third-order valence-electron chi connectivity index (χ3n) is 4.46. The molecular formula is C18H22N4O3S. The van der Waals surface area contributed by atoms with E-state index in [1.54, 1.807) is 0 Å². The van der Waals surface area contributed by atoms with Gasteiger partial charge in [0, 0.05) is 25.3 Å². The first-order valence-electron chi connectivity index (χ1n) is 8.28. The maximum atomic E-state index is 12.8. The molecule has 2 aromatic rings. The Labute approximate surface area is 153 Å². The molecule has 2 amide bonds. The van der Waals surface area contributed by atoms with E-state index in [2.05, 4.69) is 10.2 Å². The van der Waals surface area contributed by atoms with Gasteiger partial charge in [-0.3, -0.25) is 0 Å². The van der Waals surface area contributed by atoms with Gasteiger partial charge in [0.05, 0.1) is 10.9 Å². The number of anilines is 1. The monoisotopic (exact) mass is 374 g/mol. The molecule has 1 saturated heterocycles. The third kappa shape index (κ3) is 4.21. The van der Waals surface area contributed by atoms with Crippen LogP contribution in [-0.2, 0) is 10.0 Å². The second-order valence-electron chi connectivity index (χ2n) is 6.38. The number of carbonyl (C=O) groups is 1. The molecule has 1 unspecified atom stereocenters. The van der Waals surface area contributed by atoms with Crippen LogP contribution in [0.1, 0.15) is 11.6 Å². The predicted molar refractivity (Wildman–Crippen MR) is 100 cm³/mol. The Hall–Kier alpha value is -2.42. The van der Waals surface area contributed by atoms with E-state index in [1.807, 2.05) is 42.3 Å². The lowest BCUT2D eigenvalue weighted by Crippen LogP contribution is -2.50. The number of carbonyl (C=O) groups excluding carboxylic acids is 1. The number of nitrogens with one attached hydrogen (secondary N) is 1. The van der Waals surface area contributed by atoms with E-state index < -0.39 is 10.0 Å². The second-order valence-corrected chi connectivity index (χ2v) is 7.94. The zero-order chi connectivity index (χ0) is 18.7. The van der Waals surface area contributed by atoms with E-state index in [4.69, 9.17) is 5.14 Å². The molecule has 1 atom stereocenters. The number of rotatable bonds is 3. The molecular weight excluding hydrogens is 352 g/mol. The minimum atomic E-state index is -3.75. The van der Waals surface area contributed by atoms with Crippen molar-refractivity contribution in [3.63, 3.8) is 0 Å². The lowest BCUT2D eigenvalue weighted by molar-refractivity contribution is 0.117. The van der Waals surface area contributed by atoms with E-state index in [-0.39, 0.29) is 17.0 Å². The van der Waals surface area contributed by atoms with Crippen LogP contribution in [0, 0.1) is 0 Å². The Balaban J connectivity index is 1.77. The molecule has 138 valence electrons. The van der Waals surface area contributed by atoms with Gasteiger partial charge in [-0.15, -0.1) is 0 Å². The normalized spacial score (nSPS) is 18.5. The fraction of sp³-hybridized carbons (Fsp3) is 0.278. The van der Waals surface area contributed by atoms with Gasteiger partial charge in [0.1, 0.15) is 0 Å². The van der Waals surface area contributed by atoms with Gasteiger partial charge < -0.3 is 15.1 Å². The number of nitrogens with two attached hydrogens (primary N) is 1. The molecule has 0 bridgehead atoms. The summed E-state index contributed by atoms with van der Waals surface area (Å²) in [5, 5.41) is 7.93. The molecule has 1 fully saturated rings. The predicted octanol–water partition coefficient (Wildman–Crippen LogP) is 1.85. The van der Waals surface area contributed by atoms with Crippen molar-refractivity contribution >= 4 is 21.7 Å². The summed E-state index contributed by atoms with van der Waals surface area (Å²) in [6, 6.07) is 15.5. The highest BCUT2D eigenvalue weighted by atomic mass is 32.2. The maximum absolute atomic E-state index is 12.8. The van der Waals surface area contributed by atoms with Crippen LogP contribution in [0.4, 0.5) is 10.5 Å². The Morgan fingerprint density at radius 2 is 1.73 bits per heavy atom. The smallest absolute Gasteiger partial charge is 0.315 e. The van der Waals surface area contributed by atoms with Crippen molar-refractivity contribution in [3.8, 4) is 0 Å². The van der Waals surface area contributed by atoms with E-state index >= 15 is 0 Å². The van der Waals surface area contributed by atoms with Crippen LogP contribution in [-0.4, -0.2) is 50.9 Å². The van der Waals surface area contributed by atoms with E-state index in [0.29, 0.717) is 12.2 Å². The molecule has 0 aliphatic carbocycles. The second kappa shape index (κ2) is 7.45. The van der Waals surface area contributed by atoms with Gasteiger partial charge in [-0.05, 0) is 36.9 Å². The number of likely N-dealkylation sites (N-methyl/N-ethyl adjacent to an activating group) is 1. The first kappa shape index (κ1) is 18.4. The Morgan fingerprint density at radius 1 is 1.08 bits per heavy atom. The van der Waals surface area contributed by atoms with Gasteiger partial charge in [-0.2, -0.15) is 0 Å². The summed E-state index contributed by atoms with van der Waals surface area (Å²) < 4.78 is 22.6. The molecule has 0 spiro atoms. The molecule has 0 radical (unpaired) electrons. The number of nitrogens with zero attached hydrogens (tertiary/aromatic N) is 2. The topological polar surface area (TPSA) is 95.7 Å². The van der Waals surface area contributed by atoms with Gasteiger partial charge in [-0.25, -0.2) is 18.4 Å². The van der Waals surface area contributed by atoms with Crippen LogP contribution in [0.25, 0.3) is 0 Å². The largest absolute Gasteiger partial charge is 0.322 e. The molecule has 26 heavy (non-hydrogen) atoms. The summed E-state index contributed by atoms with van der Waals surface area (Å²) in [7, 11) is -1.71. The highest BCUT2D eigenvalue weighted by molar-refractivity contribution is 7.89. The number of urea groups is 1. The lowest BCUT2D eigenvalue weighted by atomic mass is 10.0. The summed E-state index contributed by atoms with van der Waals surface area (Å²) in [4.78, 5) is 16.8. The van der Waals surface area contributed by atoms with Crippen molar-refractivity contribution in [2.45, 2.75) is 10.9 Å². The van der Waals surface area contributed by atoms with Crippen molar-refractivity contribution in [2.24, 2.45) is 5.14 Å². The van der Waals surface area contributed by atoms with E-state index in [9.17, 15) is 13.2 Å². The number of hydrogen-bond donors (Lipinski definition) is 2. The fourth-order valence-electron chi connectivity index (χ4n) is 3.05.